The SMILES string of the molecule is CNC(=O)C1CCCC2(CCNC2)C1. The van der Waals surface area contributed by atoms with Crippen LogP contribution in [0.25, 0.3) is 0 Å². The molecule has 1 amide bonds. The maximum absolute atomic E-state index is 11.6. The molecule has 1 heterocycles. The van der Waals surface area contributed by atoms with Crippen LogP contribution in [0.5, 0.6) is 0 Å². The first-order valence-electron chi connectivity index (χ1n) is 5.68. The molecule has 14 heavy (non-hydrogen) atoms. The highest BCUT2D eigenvalue weighted by atomic mass is 16.1. The van der Waals surface area contributed by atoms with Crippen LogP contribution < -0.4 is 10.6 Å². The number of carbonyl (C=O) groups is 1. The molecular formula is C11H20N2O. The van der Waals surface area contributed by atoms with Gasteiger partial charge in [-0.3, -0.25) is 4.79 Å². The van der Waals surface area contributed by atoms with Gasteiger partial charge in [0.15, 0.2) is 0 Å². The summed E-state index contributed by atoms with van der Waals surface area (Å²) in [6, 6.07) is 0. The van der Waals surface area contributed by atoms with Gasteiger partial charge in [0.2, 0.25) is 5.91 Å². The van der Waals surface area contributed by atoms with Crippen LogP contribution in [-0.4, -0.2) is 26.0 Å². The highest BCUT2D eigenvalue weighted by Gasteiger charge is 2.40. The normalized spacial score (nSPS) is 37.4. The molecule has 2 aliphatic rings. The van der Waals surface area contributed by atoms with Crippen molar-refractivity contribution in [1.82, 2.24) is 10.6 Å². The summed E-state index contributed by atoms with van der Waals surface area (Å²) in [4.78, 5) is 11.6. The maximum atomic E-state index is 11.6. The Morgan fingerprint density at radius 3 is 3.00 bits per heavy atom. The first-order valence-corrected chi connectivity index (χ1v) is 5.68. The van der Waals surface area contributed by atoms with Crippen LogP contribution in [0.15, 0.2) is 0 Å². The van der Waals surface area contributed by atoms with Gasteiger partial charge in [0.1, 0.15) is 0 Å². The Kier molecular flexibility index (Phi) is 2.77. The van der Waals surface area contributed by atoms with Crippen molar-refractivity contribution in [3.63, 3.8) is 0 Å². The molecule has 0 bridgehead atoms. The maximum Gasteiger partial charge on any atom is 0.222 e. The van der Waals surface area contributed by atoms with E-state index < -0.39 is 0 Å². The second kappa shape index (κ2) is 3.89. The Bertz CT molecular complexity index is 221. The quantitative estimate of drug-likeness (QED) is 0.654. The van der Waals surface area contributed by atoms with E-state index in [1.165, 1.54) is 19.3 Å². The fourth-order valence-electron chi connectivity index (χ4n) is 3.06. The van der Waals surface area contributed by atoms with Crippen molar-refractivity contribution in [3.05, 3.63) is 0 Å². The predicted molar refractivity (Wildman–Crippen MR) is 55.9 cm³/mol. The summed E-state index contributed by atoms with van der Waals surface area (Å²) in [5, 5.41) is 6.21. The summed E-state index contributed by atoms with van der Waals surface area (Å²) < 4.78 is 0. The molecule has 1 saturated carbocycles. The lowest BCUT2D eigenvalue weighted by Crippen LogP contribution is -2.37. The molecule has 2 atom stereocenters. The van der Waals surface area contributed by atoms with E-state index in [0.29, 0.717) is 5.41 Å². The summed E-state index contributed by atoms with van der Waals surface area (Å²) in [6.07, 6.45) is 5.98. The third-order valence-corrected chi connectivity index (χ3v) is 3.89. The van der Waals surface area contributed by atoms with Crippen LogP contribution >= 0.6 is 0 Å². The average Bonchev–Trinajstić information content (AvgIpc) is 2.65. The van der Waals surface area contributed by atoms with Crippen molar-refractivity contribution in [1.29, 1.82) is 0 Å². The van der Waals surface area contributed by atoms with E-state index in [9.17, 15) is 4.79 Å². The van der Waals surface area contributed by atoms with E-state index in [-0.39, 0.29) is 11.8 Å². The lowest BCUT2D eigenvalue weighted by atomic mass is 9.69. The van der Waals surface area contributed by atoms with E-state index >= 15 is 0 Å². The molecule has 1 saturated heterocycles. The molecule has 0 aromatic heterocycles. The number of hydrogen-bond acceptors (Lipinski definition) is 2. The van der Waals surface area contributed by atoms with Crippen LogP contribution in [0.1, 0.15) is 32.1 Å². The highest BCUT2D eigenvalue weighted by molar-refractivity contribution is 5.78. The van der Waals surface area contributed by atoms with Crippen molar-refractivity contribution < 1.29 is 4.79 Å². The summed E-state index contributed by atoms with van der Waals surface area (Å²) in [7, 11) is 1.75. The molecule has 1 aliphatic heterocycles. The van der Waals surface area contributed by atoms with Gasteiger partial charge in [0.25, 0.3) is 0 Å². The van der Waals surface area contributed by atoms with Gasteiger partial charge in [-0.05, 0) is 37.6 Å². The second-order valence-corrected chi connectivity index (χ2v) is 4.83. The highest BCUT2D eigenvalue weighted by Crippen LogP contribution is 2.43. The molecule has 2 fully saturated rings. The Morgan fingerprint density at radius 2 is 2.36 bits per heavy atom. The van der Waals surface area contributed by atoms with Gasteiger partial charge in [-0.15, -0.1) is 0 Å². The minimum Gasteiger partial charge on any atom is -0.359 e. The third-order valence-electron chi connectivity index (χ3n) is 3.89. The third kappa shape index (κ3) is 1.78. The van der Waals surface area contributed by atoms with Crippen molar-refractivity contribution in [3.8, 4) is 0 Å². The average molecular weight is 196 g/mol. The zero-order chi connectivity index (χ0) is 10.0. The fraction of sp³-hybridized carbons (Fsp3) is 0.909. The fourth-order valence-corrected chi connectivity index (χ4v) is 3.06. The Morgan fingerprint density at radius 1 is 1.50 bits per heavy atom. The molecule has 0 aromatic carbocycles. The van der Waals surface area contributed by atoms with E-state index in [0.717, 1.165) is 25.9 Å². The van der Waals surface area contributed by atoms with Gasteiger partial charge in [0.05, 0.1) is 0 Å². The molecule has 2 rings (SSSR count). The minimum absolute atomic E-state index is 0.246. The summed E-state index contributed by atoms with van der Waals surface area (Å²) in [5.74, 6) is 0.518. The molecular weight excluding hydrogens is 176 g/mol. The smallest absolute Gasteiger partial charge is 0.222 e. The van der Waals surface area contributed by atoms with Crippen molar-refractivity contribution in [2.45, 2.75) is 32.1 Å². The Hall–Kier alpha value is -0.570. The molecule has 1 aliphatic carbocycles. The van der Waals surface area contributed by atoms with Gasteiger partial charge in [-0.25, -0.2) is 0 Å². The molecule has 2 unspecified atom stereocenters. The summed E-state index contributed by atoms with van der Waals surface area (Å²) in [5.41, 5.74) is 0.454. The molecule has 1 spiro atoms. The second-order valence-electron chi connectivity index (χ2n) is 4.83. The first kappa shape index (κ1) is 9.97. The van der Waals surface area contributed by atoms with Crippen LogP contribution in [0.3, 0.4) is 0 Å². The van der Waals surface area contributed by atoms with Crippen molar-refractivity contribution in [2.75, 3.05) is 20.1 Å². The Balaban J connectivity index is 1.99. The number of amides is 1. The zero-order valence-electron chi connectivity index (χ0n) is 8.94. The van der Waals surface area contributed by atoms with E-state index in [1.807, 2.05) is 0 Å². The molecule has 3 heteroatoms. The number of hydrogen-bond donors (Lipinski definition) is 2. The van der Waals surface area contributed by atoms with Gasteiger partial charge in [0, 0.05) is 19.5 Å². The number of rotatable bonds is 1. The summed E-state index contributed by atoms with van der Waals surface area (Å²) in [6.45, 7) is 2.26. The first-order chi connectivity index (χ1) is 6.76. The van der Waals surface area contributed by atoms with Crippen molar-refractivity contribution in [2.24, 2.45) is 11.3 Å². The largest absolute Gasteiger partial charge is 0.359 e. The lowest BCUT2D eigenvalue weighted by Gasteiger charge is -2.36. The van der Waals surface area contributed by atoms with Crippen LogP contribution in [0.4, 0.5) is 0 Å². The minimum atomic E-state index is 0.246. The van der Waals surface area contributed by atoms with Gasteiger partial charge >= 0.3 is 0 Å². The zero-order valence-corrected chi connectivity index (χ0v) is 8.94. The summed E-state index contributed by atoms with van der Waals surface area (Å²) >= 11 is 0. The van der Waals surface area contributed by atoms with Gasteiger partial charge < -0.3 is 10.6 Å². The predicted octanol–water partition coefficient (Wildman–Crippen LogP) is 0.902. The number of nitrogens with one attached hydrogen (secondary N) is 2. The van der Waals surface area contributed by atoms with Crippen LogP contribution in [-0.2, 0) is 4.79 Å². The van der Waals surface area contributed by atoms with E-state index in [4.69, 9.17) is 0 Å². The monoisotopic (exact) mass is 196 g/mol. The van der Waals surface area contributed by atoms with Crippen molar-refractivity contribution >= 4 is 5.91 Å². The number of carbonyl (C=O) groups excluding carboxylic acids is 1. The molecule has 80 valence electrons. The lowest BCUT2D eigenvalue weighted by molar-refractivity contribution is -0.126. The topological polar surface area (TPSA) is 41.1 Å². The van der Waals surface area contributed by atoms with Crippen LogP contribution in [0, 0.1) is 11.3 Å². The van der Waals surface area contributed by atoms with E-state index in [1.54, 1.807) is 7.05 Å². The standard InChI is InChI=1S/C11H20N2O/c1-12-10(14)9-3-2-4-11(7-9)5-6-13-8-11/h9,13H,2-8H2,1H3,(H,12,14). The van der Waals surface area contributed by atoms with Gasteiger partial charge in [-0.2, -0.15) is 0 Å². The van der Waals surface area contributed by atoms with E-state index in [2.05, 4.69) is 10.6 Å². The molecule has 2 N–H and O–H groups in total. The molecule has 0 aromatic rings. The molecule has 0 radical (unpaired) electrons. The molecule has 3 nitrogen and oxygen atoms in total. The van der Waals surface area contributed by atoms with Crippen LogP contribution in [0.2, 0.25) is 0 Å². The van der Waals surface area contributed by atoms with Gasteiger partial charge in [-0.1, -0.05) is 6.42 Å². The Labute approximate surface area is 85.6 Å².